The van der Waals surface area contributed by atoms with Crippen LogP contribution in [0, 0.1) is 6.92 Å². The van der Waals surface area contributed by atoms with E-state index in [1.165, 1.54) is 13.2 Å². The number of hydrogen-bond acceptors (Lipinski definition) is 4. The molecular weight excluding hydrogens is 463 g/mol. The van der Waals surface area contributed by atoms with Crippen LogP contribution in [0.2, 0.25) is 10.0 Å². The highest BCUT2D eigenvalue weighted by molar-refractivity contribution is 6.33. The van der Waals surface area contributed by atoms with E-state index < -0.39 is 11.9 Å². The van der Waals surface area contributed by atoms with Gasteiger partial charge in [0.15, 0.2) is 11.5 Å². The Kier molecular flexibility index (Phi) is 6.58. The highest BCUT2D eigenvalue weighted by atomic mass is 35.5. The number of hydrogen-bond donors (Lipinski definition) is 1. The monoisotopic (exact) mass is 482 g/mol. The number of imide groups is 1. The number of halogens is 2. The second-order valence-electron chi connectivity index (χ2n) is 7.42. The molecule has 0 unspecified atom stereocenters. The summed E-state index contributed by atoms with van der Waals surface area (Å²) in [6, 6.07) is 17.2. The van der Waals surface area contributed by atoms with Crippen molar-refractivity contribution in [1.29, 1.82) is 0 Å². The lowest BCUT2D eigenvalue weighted by Gasteiger charge is -2.14. The van der Waals surface area contributed by atoms with E-state index in [0.717, 1.165) is 16.0 Å². The van der Waals surface area contributed by atoms with Gasteiger partial charge in [-0.05, 0) is 60.5 Å². The topological polar surface area (TPSA) is 67.9 Å². The molecule has 1 heterocycles. The quantitative estimate of drug-likeness (QED) is 0.346. The van der Waals surface area contributed by atoms with Crippen molar-refractivity contribution in [3.8, 4) is 11.5 Å². The molecule has 1 saturated heterocycles. The average Bonchev–Trinajstić information content (AvgIpc) is 3.06. The Bertz CT molecular complexity index is 1260. The lowest BCUT2D eigenvalue weighted by molar-refractivity contribution is -0.113. The van der Waals surface area contributed by atoms with Crippen LogP contribution in [0.1, 0.15) is 16.7 Å². The van der Waals surface area contributed by atoms with Gasteiger partial charge in [0.2, 0.25) is 0 Å². The molecule has 1 N–H and O–H groups in total. The zero-order chi connectivity index (χ0) is 23.5. The lowest BCUT2D eigenvalue weighted by Crippen LogP contribution is -2.30. The van der Waals surface area contributed by atoms with Gasteiger partial charge in [0.25, 0.3) is 5.91 Å². The Balaban J connectivity index is 1.58. The molecule has 0 atom stereocenters. The lowest BCUT2D eigenvalue weighted by atomic mass is 10.1. The summed E-state index contributed by atoms with van der Waals surface area (Å²) in [5, 5.41) is 3.42. The summed E-state index contributed by atoms with van der Waals surface area (Å²) in [6.07, 6.45) is 1.54. The third-order valence-corrected chi connectivity index (χ3v) is 5.52. The molecule has 3 amide bonds. The molecule has 0 bridgehead atoms. The van der Waals surface area contributed by atoms with E-state index >= 15 is 0 Å². The van der Waals surface area contributed by atoms with Gasteiger partial charge >= 0.3 is 6.03 Å². The first-order valence-corrected chi connectivity index (χ1v) is 10.8. The maximum absolute atomic E-state index is 12.9. The first-order chi connectivity index (χ1) is 15.9. The molecule has 33 heavy (non-hydrogen) atoms. The fraction of sp³-hybridized carbons (Fsp3) is 0.120. The number of carbonyl (C=O) groups is 2. The van der Waals surface area contributed by atoms with Gasteiger partial charge in [-0.2, -0.15) is 0 Å². The van der Waals surface area contributed by atoms with Crippen LogP contribution in [-0.4, -0.2) is 19.0 Å². The maximum Gasteiger partial charge on any atom is 0.333 e. The van der Waals surface area contributed by atoms with Crippen LogP contribution in [0.5, 0.6) is 11.5 Å². The molecule has 0 spiro atoms. The Hall–Kier alpha value is -3.48. The zero-order valence-electron chi connectivity index (χ0n) is 17.9. The van der Waals surface area contributed by atoms with Crippen molar-refractivity contribution >= 4 is 46.9 Å². The van der Waals surface area contributed by atoms with Crippen LogP contribution >= 0.6 is 23.2 Å². The van der Waals surface area contributed by atoms with Gasteiger partial charge in [0, 0.05) is 5.02 Å². The largest absolute Gasteiger partial charge is 0.493 e. The minimum Gasteiger partial charge on any atom is -0.493 e. The van der Waals surface area contributed by atoms with Crippen molar-refractivity contribution in [1.82, 2.24) is 5.32 Å². The first kappa shape index (κ1) is 22.7. The molecular formula is C25H20Cl2N2O4. The Labute approximate surface area is 201 Å². The molecule has 0 radical (unpaired) electrons. The summed E-state index contributed by atoms with van der Waals surface area (Å²) in [5.74, 6) is 0.318. The van der Waals surface area contributed by atoms with E-state index in [4.69, 9.17) is 32.7 Å². The van der Waals surface area contributed by atoms with E-state index in [1.54, 1.807) is 36.4 Å². The molecule has 4 rings (SSSR count). The average molecular weight is 483 g/mol. The number of carbonyl (C=O) groups excluding carboxylic acids is 2. The Morgan fingerprint density at radius 1 is 1.03 bits per heavy atom. The van der Waals surface area contributed by atoms with Crippen molar-refractivity contribution in [2.45, 2.75) is 13.5 Å². The fourth-order valence-corrected chi connectivity index (χ4v) is 3.85. The maximum atomic E-state index is 12.9. The standard InChI is InChI=1S/C25H20Cl2N2O4/c1-15-4-3-5-16(10-15)14-33-23-20(27)11-17(13-22(23)32-2)12-21-24(30)29(25(31)28-21)19-8-6-18(26)7-9-19/h3-13H,14H2,1-2H3,(H,28,31)/b21-12+. The summed E-state index contributed by atoms with van der Waals surface area (Å²) in [6.45, 7) is 2.33. The number of nitrogens with zero attached hydrogens (tertiary/aromatic N) is 1. The smallest absolute Gasteiger partial charge is 0.333 e. The summed E-state index contributed by atoms with van der Waals surface area (Å²) in [5.41, 5.74) is 3.23. The molecule has 1 aliphatic heterocycles. The zero-order valence-corrected chi connectivity index (χ0v) is 19.4. The van der Waals surface area contributed by atoms with Crippen molar-refractivity contribution < 1.29 is 19.1 Å². The molecule has 8 heteroatoms. The number of ether oxygens (including phenoxy) is 2. The van der Waals surface area contributed by atoms with E-state index in [-0.39, 0.29) is 5.70 Å². The van der Waals surface area contributed by atoms with Crippen LogP contribution in [0.3, 0.4) is 0 Å². The number of benzene rings is 3. The highest BCUT2D eigenvalue weighted by Crippen LogP contribution is 2.38. The van der Waals surface area contributed by atoms with Gasteiger partial charge in [-0.15, -0.1) is 0 Å². The van der Waals surface area contributed by atoms with Gasteiger partial charge < -0.3 is 14.8 Å². The number of aryl methyl sites for hydroxylation is 1. The molecule has 168 valence electrons. The highest BCUT2D eigenvalue weighted by Gasteiger charge is 2.34. The normalized spacial score (nSPS) is 14.5. The second-order valence-corrected chi connectivity index (χ2v) is 8.26. The number of anilines is 1. The van der Waals surface area contributed by atoms with Gasteiger partial charge in [0.1, 0.15) is 12.3 Å². The van der Waals surface area contributed by atoms with Crippen LogP contribution < -0.4 is 19.7 Å². The van der Waals surface area contributed by atoms with Gasteiger partial charge in [-0.3, -0.25) is 4.79 Å². The van der Waals surface area contributed by atoms with Crippen molar-refractivity contribution in [3.05, 3.63) is 93.1 Å². The number of nitrogens with one attached hydrogen (secondary N) is 1. The van der Waals surface area contributed by atoms with Crippen LogP contribution in [-0.2, 0) is 11.4 Å². The van der Waals surface area contributed by atoms with E-state index in [9.17, 15) is 9.59 Å². The van der Waals surface area contributed by atoms with E-state index in [0.29, 0.717) is 39.4 Å². The second kappa shape index (κ2) is 9.57. The number of methoxy groups -OCH3 is 1. The van der Waals surface area contributed by atoms with Crippen molar-refractivity contribution in [2.75, 3.05) is 12.0 Å². The predicted octanol–water partition coefficient (Wildman–Crippen LogP) is 5.99. The summed E-state index contributed by atoms with van der Waals surface area (Å²) < 4.78 is 11.4. The van der Waals surface area contributed by atoms with Crippen molar-refractivity contribution in [2.24, 2.45) is 0 Å². The van der Waals surface area contributed by atoms with Crippen LogP contribution in [0.15, 0.2) is 66.4 Å². The molecule has 1 fully saturated rings. The summed E-state index contributed by atoms with van der Waals surface area (Å²) >= 11 is 12.4. The molecule has 0 aliphatic carbocycles. The fourth-order valence-electron chi connectivity index (χ4n) is 3.45. The van der Waals surface area contributed by atoms with E-state index in [2.05, 4.69) is 5.32 Å². The molecule has 3 aromatic carbocycles. The van der Waals surface area contributed by atoms with Gasteiger partial charge in [-0.1, -0.05) is 53.0 Å². The van der Waals surface area contributed by atoms with Crippen molar-refractivity contribution in [3.63, 3.8) is 0 Å². The van der Waals surface area contributed by atoms with Gasteiger partial charge in [0.05, 0.1) is 17.8 Å². The molecule has 1 aliphatic rings. The molecule has 0 saturated carbocycles. The number of urea groups is 1. The van der Waals surface area contributed by atoms with E-state index in [1.807, 2.05) is 31.2 Å². The molecule has 6 nitrogen and oxygen atoms in total. The Morgan fingerprint density at radius 3 is 2.48 bits per heavy atom. The minimum atomic E-state index is -0.551. The minimum absolute atomic E-state index is 0.112. The van der Waals surface area contributed by atoms with Gasteiger partial charge in [-0.25, -0.2) is 9.69 Å². The molecule has 0 aromatic heterocycles. The van der Waals surface area contributed by atoms with Crippen LogP contribution in [0.4, 0.5) is 10.5 Å². The third kappa shape index (κ3) is 4.97. The number of amides is 3. The Morgan fingerprint density at radius 2 is 1.79 bits per heavy atom. The SMILES string of the molecule is COc1cc(/C=C2/NC(=O)N(c3ccc(Cl)cc3)C2=O)cc(Cl)c1OCc1cccc(C)c1. The number of rotatable bonds is 6. The summed E-state index contributed by atoms with van der Waals surface area (Å²) in [7, 11) is 1.51. The molecule has 3 aromatic rings. The first-order valence-electron chi connectivity index (χ1n) is 10.0. The summed E-state index contributed by atoms with van der Waals surface area (Å²) in [4.78, 5) is 26.3. The van der Waals surface area contributed by atoms with Crippen LogP contribution in [0.25, 0.3) is 6.08 Å². The predicted molar refractivity (Wildman–Crippen MR) is 129 cm³/mol. The third-order valence-electron chi connectivity index (χ3n) is 4.99.